The molecule has 0 saturated carbocycles. The minimum atomic E-state index is -0.305. The van der Waals surface area contributed by atoms with Gasteiger partial charge in [0.15, 0.2) is 0 Å². The standard InChI is InChI=1S/C13H23N3O2/c1-3-13(5-7-14-8-6-13)12(18)15-10-4-9-16(2)11(10)17/h10,14H,3-9H2,1-2H3,(H,15,18). The first-order chi connectivity index (χ1) is 8.59. The number of hydrogen-bond donors (Lipinski definition) is 2. The summed E-state index contributed by atoms with van der Waals surface area (Å²) in [7, 11) is 1.79. The Kier molecular flexibility index (Phi) is 3.90. The second kappa shape index (κ2) is 5.26. The zero-order chi connectivity index (χ0) is 13.2. The summed E-state index contributed by atoms with van der Waals surface area (Å²) >= 11 is 0. The van der Waals surface area contributed by atoms with Gasteiger partial charge in [0.1, 0.15) is 6.04 Å². The third-order valence-corrected chi connectivity index (χ3v) is 4.45. The Labute approximate surface area is 108 Å². The molecule has 2 rings (SSSR count). The Morgan fingerprint density at radius 2 is 2.17 bits per heavy atom. The molecule has 0 aromatic heterocycles. The van der Waals surface area contributed by atoms with Crippen molar-refractivity contribution in [1.82, 2.24) is 15.5 Å². The normalized spacial score (nSPS) is 27.3. The number of carbonyl (C=O) groups excluding carboxylic acids is 2. The lowest BCUT2D eigenvalue weighted by molar-refractivity contribution is -0.137. The van der Waals surface area contributed by atoms with E-state index in [4.69, 9.17) is 0 Å². The molecule has 0 bridgehead atoms. The average Bonchev–Trinajstić information content (AvgIpc) is 2.71. The van der Waals surface area contributed by atoms with E-state index in [-0.39, 0.29) is 23.3 Å². The van der Waals surface area contributed by atoms with Gasteiger partial charge in [-0.25, -0.2) is 0 Å². The summed E-state index contributed by atoms with van der Waals surface area (Å²) in [5.41, 5.74) is -0.271. The van der Waals surface area contributed by atoms with Crippen LogP contribution in [0.1, 0.15) is 32.6 Å². The molecule has 0 aromatic carbocycles. The van der Waals surface area contributed by atoms with Crippen molar-refractivity contribution < 1.29 is 9.59 Å². The fourth-order valence-electron chi connectivity index (χ4n) is 2.91. The topological polar surface area (TPSA) is 61.4 Å². The summed E-state index contributed by atoms with van der Waals surface area (Å²) in [5.74, 6) is 0.115. The van der Waals surface area contributed by atoms with Gasteiger partial charge in [-0.15, -0.1) is 0 Å². The number of likely N-dealkylation sites (N-methyl/N-ethyl adjacent to an activating group) is 1. The van der Waals surface area contributed by atoms with Gasteiger partial charge in [0.25, 0.3) is 0 Å². The maximum absolute atomic E-state index is 12.4. The first kappa shape index (κ1) is 13.3. The van der Waals surface area contributed by atoms with Gasteiger partial charge >= 0.3 is 0 Å². The van der Waals surface area contributed by atoms with E-state index in [0.717, 1.165) is 45.3 Å². The highest BCUT2D eigenvalue weighted by atomic mass is 16.2. The maximum Gasteiger partial charge on any atom is 0.244 e. The zero-order valence-corrected chi connectivity index (χ0v) is 11.3. The van der Waals surface area contributed by atoms with Gasteiger partial charge in [0.2, 0.25) is 11.8 Å². The number of likely N-dealkylation sites (tertiary alicyclic amines) is 1. The minimum absolute atomic E-state index is 0.0449. The van der Waals surface area contributed by atoms with Crippen LogP contribution in [0.15, 0.2) is 0 Å². The lowest BCUT2D eigenvalue weighted by Gasteiger charge is -2.36. The molecule has 2 fully saturated rings. The lowest BCUT2D eigenvalue weighted by atomic mass is 9.75. The van der Waals surface area contributed by atoms with Gasteiger partial charge in [-0.1, -0.05) is 6.92 Å². The molecule has 0 aliphatic carbocycles. The van der Waals surface area contributed by atoms with Crippen LogP contribution in [-0.4, -0.2) is 49.4 Å². The number of rotatable bonds is 3. The van der Waals surface area contributed by atoms with Crippen LogP contribution >= 0.6 is 0 Å². The molecule has 0 aromatic rings. The van der Waals surface area contributed by atoms with E-state index >= 15 is 0 Å². The molecule has 2 aliphatic heterocycles. The highest BCUT2D eigenvalue weighted by Gasteiger charge is 2.40. The second-order valence-corrected chi connectivity index (χ2v) is 5.46. The first-order valence-corrected chi connectivity index (χ1v) is 6.86. The molecular formula is C13H23N3O2. The van der Waals surface area contributed by atoms with Gasteiger partial charge in [-0.05, 0) is 38.8 Å². The van der Waals surface area contributed by atoms with E-state index in [1.807, 2.05) is 0 Å². The second-order valence-electron chi connectivity index (χ2n) is 5.46. The van der Waals surface area contributed by atoms with Crippen molar-refractivity contribution in [3.8, 4) is 0 Å². The molecular weight excluding hydrogens is 230 g/mol. The molecule has 2 heterocycles. The van der Waals surface area contributed by atoms with E-state index in [0.29, 0.717) is 0 Å². The molecule has 18 heavy (non-hydrogen) atoms. The third-order valence-electron chi connectivity index (χ3n) is 4.45. The summed E-state index contributed by atoms with van der Waals surface area (Å²) in [6.45, 7) is 4.58. The molecule has 2 saturated heterocycles. The fourth-order valence-corrected chi connectivity index (χ4v) is 2.91. The molecule has 102 valence electrons. The number of amides is 2. The van der Waals surface area contributed by atoms with Crippen molar-refractivity contribution in [2.24, 2.45) is 5.41 Å². The highest BCUT2D eigenvalue weighted by Crippen LogP contribution is 2.33. The molecule has 1 atom stereocenters. The van der Waals surface area contributed by atoms with Gasteiger partial charge in [-0.3, -0.25) is 9.59 Å². The third kappa shape index (κ3) is 2.36. The smallest absolute Gasteiger partial charge is 0.244 e. The number of piperidine rings is 1. The summed E-state index contributed by atoms with van der Waals surface area (Å²) in [5, 5.41) is 6.25. The molecule has 5 nitrogen and oxygen atoms in total. The highest BCUT2D eigenvalue weighted by molar-refractivity contribution is 5.91. The monoisotopic (exact) mass is 253 g/mol. The zero-order valence-electron chi connectivity index (χ0n) is 11.3. The van der Waals surface area contributed by atoms with Crippen LogP contribution in [0, 0.1) is 5.41 Å². The lowest BCUT2D eigenvalue weighted by Crippen LogP contribution is -2.51. The Hall–Kier alpha value is -1.10. The van der Waals surface area contributed by atoms with Gasteiger partial charge in [-0.2, -0.15) is 0 Å². The summed E-state index contributed by atoms with van der Waals surface area (Å²) in [6, 6.07) is -0.305. The number of nitrogens with zero attached hydrogens (tertiary/aromatic N) is 1. The van der Waals surface area contributed by atoms with Crippen molar-refractivity contribution in [3.63, 3.8) is 0 Å². The van der Waals surface area contributed by atoms with Gasteiger partial charge in [0.05, 0.1) is 5.41 Å². The Balaban J connectivity index is 2.00. The molecule has 1 unspecified atom stereocenters. The van der Waals surface area contributed by atoms with E-state index in [2.05, 4.69) is 17.6 Å². The predicted octanol–water partition coefficient (Wildman–Crippen LogP) is 0.113. The molecule has 0 spiro atoms. The minimum Gasteiger partial charge on any atom is -0.344 e. The SMILES string of the molecule is CCC1(C(=O)NC2CCN(C)C2=O)CCNCC1. The fraction of sp³-hybridized carbons (Fsp3) is 0.846. The summed E-state index contributed by atoms with van der Waals surface area (Å²) in [6.07, 6.45) is 3.31. The van der Waals surface area contributed by atoms with Crippen LogP contribution in [0.25, 0.3) is 0 Å². The van der Waals surface area contributed by atoms with E-state index in [1.54, 1.807) is 11.9 Å². The van der Waals surface area contributed by atoms with Crippen molar-refractivity contribution in [2.75, 3.05) is 26.7 Å². The Morgan fingerprint density at radius 1 is 1.50 bits per heavy atom. The summed E-state index contributed by atoms with van der Waals surface area (Å²) < 4.78 is 0. The molecule has 0 radical (unpaired) electrons. The van der Waals surface area contributed by atoms with Gasteiger partial charge < -0.3 is 15.5 Å². The van der Waals surface area contributed by atoms with E-state index in [9.17, 15) is 9.59 Å². The Morgan fingerprint density at radius 3 is 2.67 bits per heavy atom. The van der Waals surface area contributed by atoms with Crippen molar-refractivity contribution >= 4 is 11.8 Å². The average molecular weight is 253 g/mol. The molecule has 2 amide bonds. The van der Waals surface area contributed by atoms with E-state index in [1.165, 1.54) is 0 Å². The summed E-state index contributed by atoms with van der Waals surface area (Å²) in [4.78, 5) is 26.0. The van der Waals surface area contributed by atoms with Crippen LogP contribution in [0.5, 0.6) is 0 Å². The quantitative estimate of drug-likeness (QED) is 0.750. The van der Waals surface area contributed by atoms with Crippen molar-refractivity contribution in [2.45, 2.75) is 38.6 Å². The van der Waals surface area contributed by atoms with E-state index < -0.39 is 0 Å². The number of carbonyl (C=O) groups is 2. The van der Waals surface area contributed by atoms with Crippen LogP contribution in [-0.2, 0) is 9.59 Å². The predicted molar refractivity (Wildman–Crippen MR) is 69.0 cm³/mol. The Bertz CT molecular complexity index is 337. The molecule has 2 N–H and O–H groups in total. The maximum atomic E-state index is 12.4. The van der Waals surface area contributed by atoms with Gasteiger partial charge in [0, 0.05) is 13.6 Å². The largest absolute Gasteiger partial charge is 0.344 e. The van der Waals surface area contributed by atoms with Crippen molar-refractivity contribution in [3.05, 3.63) is 0 Å². The van der Waals surface area contributed by atoms with Crippen LogP contribution in [0.3, 0.4) is 0 Å². The number of hydrogen-bond acceptors (Lipinski definition) is 3. The first-order valence-electron chi connectivity index (χ1n) is 6.86. The number of nitrogens with one attached hydrogen (secondary N) is 2. The van der Waals surface area contributed by atoms with Crippen molar-refractivity contribution in [1.29, 1.82) is 0 Å². The van der Waals surface area contributed by atoms with Crippen LogP contribution in [0.4, 0.5) is 0 Å². The van der Waals surface area contributed by atoms with Crippen LogP contribution in [0.2, 0.25) is 0 Å². The van der Waals surface area contributed by atoms with Crippen LogP contribution < -0.4 is 10.6 Å². The molecule has 5 heteroatoms. The molecule has 2 aliphatic rings.